The van der Waals surface area contributed by atoms with Crippen LogP contribution in [0.2, 0.25) is 0 Å². The van der Waals surface area contributed by atoms with E-state index < -0.39 is 0 Å². The molecule has 0 fully saturated rings. The second-order valence-corrected chi connectivity index (χ2v) is 5.53. The van der Waals surface area contributed by atoms with Crippen molar-refractivity contribution in [3.8, 4) is 5.75 Å². The van der Waals surface area contributed by atoms with Crippen molar-refractivity contribution < 1.29 is 14.3 Å². The first-order chi connectivity index (χ1) is 10.7. The number of nitrogens with two attached hydrogens (primary N) is 1. The van der Waals surface area contributed by atoms with Crippen molar-refractivity contribution in [3.63, 3.8) is 0 Å². The summed E-state index contributed by atoms with van der Waals surface area (Å²) < 4.78 is 10.5. The predicted molar refractivity (Wildman–Crippen MR) is 84.8 cm³/mol. The lowest BCUT2D eigenvalue weighted by Crippen LogP contribution is -2.12. The topological polar surface area (TPSA) is 99.4 Å². The fourth-order valence-corrected chi connectivity index (χ4v) is 2.42. The van der Waals surface area contributed by atoms with Crippen molar-refractivity contribution in [2.24, 2.45) is 0 Å². The van der Waals surface area contributed by atoms with Gasteiger partial charge in [0.2, 0.25) is 11.0 Å². The van der Waals surface area contributed by atoms with Crippen LogP contribution in [0.1, 0.15) is 17.8 Å². The minimum Gasteiger partial charge on any atom is -0.491 e. The Morgan fingerprint density at radius 3 is 2.95 bits per heavy atom. The second-order valence-electron chi connectivity index (χ2n) is 4.47. The number of ether oxygens (including phenoxy) is 2. The highest BCUT2D eigenvalue weighted by atomic mass is 32.1. The Bertz CT molecular complexity index is 618. The first-order valence-electron chi connectivity index (χ1n) is 6.77. The molecule has 0 unspecified atom stereocenters. The molecule has 1 amide bonds. The third-order valence-corrected chi connectivity index (χ3v) is 3.52. The smallest absolute Gasteiger partial charge is 0.226 e. The average Bonchev–Trinajstić information content (AvgIpc) is 2.93. The second kappa shape index (κ2) is 8.30. The third-order valence-electron chi connectivity index (χ3n) is 2.71. The monoisotopic (exact) mass is 322 g/mol. The van der Waals surface area contributed by atoms with Crippen LogP contribution in [0.4, 0.5) is 10.8 Å². The van der Waals surface area contributed by atoms with Gasteiger partial charge in [0.05, 0.1) is 12.3 Å². The van der Waals surface area contributed by atoms with Crippen LogP contribution in [0.5, 0.6) is 5.75 Å². The Morgan fingerprint density at radius 1 is 1.36 bits per heavy atom. The molecule has 1 aromatic carbocycles. The number of hydrogen-bond acceptors (Lipinski definition) is 7. The predicted octanol–water partition coefficient (Wildman–Crippen LogP) is 2.06. The van der Waals surface area contributed by atoms with Gasteiger partial charge in [-0.1, -0.05) is 23.5 Å². The largest absolute Gasteiger partial charge is 0.491 e. The molecule has 0 saturated carbocycles. The van der Waals surface area contributed by atoms with Gasteiger partial charge in [0.25, 0.3) is 0 Å². The van der Waals surface area contributed by atoms with Gasteiger partial charge in [0.1, 0.15) is 17.4 Å². The van der Waals surface area contributed by atoms with Gasteiger partial charge in [-0.15, -0.1) is 10.2 Å². The van der Waals surface area contributed by atoms with E-state index in [9.17, 15) is 4.79 Å². The lowest BCUT2D eigenvalue weighted by molar-refractivity contribution is -0.116. The van der Waals surface area contributed by atoms with Crippen LogP contribution < -0.4 is 15.8 Å². The van der Waals surface area contributed by atoms with E-state index in [2.05, 4.69) is 15.5 Å². The van der Waals surface area contributed by atoms with Crippen molar-refractivity contribution in [2.75, 3.05) is 24.8 Å². The van der Waals surface area contributed by atoms with Gasteiger partial charge in [-0.25, -0.2) is 0 Å². The molecule has 0 saturated heterocycles. The normalized spacial score (nSPS) is 10.4. The number of rotatable bonds is 8. The number of nitrogen functional groups attached to an aromatic ring is 1. The summed E-state index contributed by atoms with van der Waals surface area (Å²) in [6.45, 7) is 0.812. The third kappa shape index (κ3) is 4.97. The van der Waals surface area contributed by atoms with E-state index in [0.29, 0.717) is 42.6 Å². The summed E-state index contributed by atoms with van der Waals surface area (Å²) in [5, 5.41) is 11.7. The number of carbonyl (C=O) groups excluding carboxylic acids is 1. The summed E-state index contributed by atoms with van der Waals surface area (Å²) in [5.74, 6) is 0.515. The lowest BCUT2D eigenvalue weighted by atomic mass is 10.3. The van der Waals surface area contributed by atoms with Gasteiger partial charge in [-0.05, 0) is 18.6 Å². The number of carbonyl (C=O) groups is 1. The molecule has 2 rings (SSSR count). The molecule has 7 nitrogen and oxygen atoms in total. The summed E-state index contributed by atoms with van der Waals surface area (Å²) in [5.41, 5.74) is 6.35. The van der Waals surface area contributed by atoms with E-state index in [1.807, 2.05) is 12.1 Å². The Morgan fingerprint density at radius 2 is 2.18 bits per heavy atom. The maximum Gasteiger partial charge on any atom is 0.226 e. The Kier molecular flexibility index (Phi) is 6.11. The zero-order chi connectivity index (χ0) is 15.8. The average molecular weight is 322 g/mol. The SMILES string of the molecule is COCc1nnc(NC(=O)CCCOc2ccccc2N)s1. The molecule has 3 N–H and O–H groups in total. The minimum absolute atomic E-state index is 0.121. The molecule has 0 bridgehead atoms. The molecule has 0 aliphatic carbocycles. The molecule has 2 aromatic rings. The van der Waals surface area contributed by atoms with Gasteiger partial charge in [-0.3, -0.25) is 4.79 Å². The highest BCUT2D eigenvalue weighted by Crippen LogP contribution is 2.20. The van der Waals surface area contributed by atoms with Crippen LogP contribution in [0.3, 0.4) is 0 Å². The zero-order valence-electron chi connectivity index (χ0n) is 12.2. The molecular weight excluding hydrogens is 304 g/mol. The van der Waals surface area contributed by atoms with Gasteiger partial charge in [0.15, 0.2) is 0 Å². The van der Waals surface area contributed by atoms with Crippen molar-refractivity contribution >= 4 is 28.1 Å². The molecule has 0 aliphatic rings. The zero-order valence-corrected chi connectivity index (χ0v) is 13.1. The maximum absolute atomic E-state index is 11.8. The number of nitrogens with zero attached hydrogens (tertiary/aromatic N) is 2. The highest BCUT2D eigenvalue weighted by Gasteiger charge is 2.08. The Labute approximate surface area is 132 Å². The van der Waals surface area contributed by atoms with Crippen LogP contribution in [0, 0.1) is 0 Å². The molecule has 8 heteroatoms. The molecule has 1 aromatic heterocycles. The van der Waals surface area contributed by atoms with Crippen LogP contribution in [-0.2, 0) is 16.1 Å². The van der Waals surface area contributed by atoms with Crippen LogP contribution >= 0.6 is 11.3 Å². The number of anilines is 2. The maximum atomic E-state index is 11.8. The number of methoxy groups -OCH3 is 1. The lowest BCUT2D eigenvalue weighted by Gasteiger charge is -2.08. The first kappa shape index (κ1) is 16.2. The van der Waals surface area contributed by atoms with Crippen LogP contribution in [0.25, 0.3) is 0 Å². The fraction of sp³-hybridized carbons (Fsp3) is 0.357. The van der Waals surface area contributed by atoms with E-state index in [1.54, 1.807) is 19.2 Å². The van der Waals surface area contributed by atoms with Crippen molar-refractivity contribution in [1.29, 1.82) is 0 Å². The number of hydrogen-bond donors (Lipinski definition) is 2. The van der Waals surface area contributed by atoms with Gasteiger partial charge in [0, 0.05) is 13.5 Å². The first-order valence-corrected chi connectivity index (χ1v) is 7.59. The van der Waals surface area contributed by atoms with Gasteiger partial charge in [-0.2, -0.15) is 0 Å². The van der Waals surface area contributed by atoms with E-state index in [0.717, 1.165) is 5.01 Å². The number of nitrogens with one attached hydrogen (secondary N) is 1. The summed E-state index contributed by atoms with van der Waals surface area (Å²) in [7, 11) is 1.58. The highest BCUT2D eigenvalue weighted by molar-refractivity contribution is 7.15. The summed E-state index contributed by atoms with van der Waals surface area (Å²) in [6, 6.07) is 7.27. The van der Waals surface area contributed by atoms with Crippen molar-refractivity contribution in [2.45, 2.75) is 19.4 Å². The van der Waals surface area contributed by atoms with Gasteiger partial charge < -0.3 is 20.5 Å². The Balaban J connectivity index is 1.68. The molecule has 0 spiro atoms. The Hall–Kier alpha value is -2.19. The van der Waals surface area contributed by atoms with Crippen molar-refractivity contribution in [1.82, 2.24) is 10.2 Å². The summed E-state index contributed by atoms with van der Waals surface area (Å²) in [6.07, 6.45) is 0.926. The van der Waals surface area contributed by atoms with Crippen molar-refractivity contribution in [3.05, 3.63) is 29.3 Å². The molecule has 0 radical (unpaired) electrons. The quantitative estimate of drug-likeness (QED) is 0.570. The number of benzene rings is 1. The minimum atomic E-state index is -0.121. The molecule has 0 aliphatic heterocycles. The van der Waals surface area contributed by atoms with Crippen LogP contribution in [-0.4, -0.2) is 29.8 Å². The molecular formula is C14H18N4O3S. The van der Waals surface area contributed by atoms with Crippen LogP contribution in [0.15, 0.2) is 24.3 Å². The number of para-hydroxylation sites is 2. The van der Waals surface area contributed by atoms with Gasteiger partial charge >= 0.3 is 0 Å². The number of amides is 1. The fourth-order valence-electron chi connectivity index (χ4n) is 1.69. The number of aromatic nitrogens is 2. The van der Waals surface area contributed by atoms with E-state index >= 15 is 0 Å². The summed E-state index contributed by atoms with van der Waals surface area (Å²) >= 11 is 1.30. The van der Waals surface area contributed by atoms with E-state index in [-0.39, 0.29) is 5.91 Å². The van der Waals surface area contributed by atoms with E-state index in [1.165, 1.54) is 11.3 Å². The molecule has 0 atom stereocenters. The van der Waals surface area contributed by atoms with E-state index in [4.69, 9.17) is 15.2 Å². The molecule has 22 heavy (non-hydrogen) atoms. The molecule has 1 heterocycles. The molecule has 118 valence electrons. The summed E-state index contributed by atoms with van der Waals surface area (Å²) in [4.78, 5) is 11.8. The standard InChI is InChI=1S/C14H18N4O3S/c1-20-9-13-17-18-14(22-13)16-12(19)7-4-8-21-11-6-3-2-5-10(11)15/h2-3,5-6H,4,7-9,15H2,1H3,(H,16,18,19).